The van der Waals surface area contributed by atoms with E-state index < -0.39 is 0 Å². The molecule has 2 rings (SSSR count). The van der Waals surface area contributed by atoms with E-state index in [-0.39, 0.29) is 5.91 Å². The Morgan fingerprint density at radius 1 is 1.26 bits per heavy atom. The van der Waals surface area contributed by atoms with Crippen LogP contribution in [-0.2, 0) is 4.74 Å². The minimum atomic E-state index is -0.269. The van der Waals surface area contributed by atoms with Crippen molar-refractivity contribution in [3.05, 3.63) is 41.7 Å². The van der Waals surface area contributed by atoms with Gasteiger partial charge in [-0.25, -0.2) is 9.97 Å². The van der Waals surface area contributed by atoms with Gasteiger partial charge < -0.3 is 15.8 Å². The maximum atomic E-state index is 12.2. The molecule has 0 bridgehead atoms. The van der Waals surface area contributed by atoms with Crippen LogP contribution in [0.4, 0.5) is 17.3 Å². The Balaban J connectivity index is 2.02. The molecule has 0 saturated heterocycles. The Kier molecular flexibility index (Phi) is 5.70. The molecule has 0 fully saturated rings. The van der Waals surface area contributed by atoms with Gasteiger partial charge >= 0.3 is 0 Å². The summed E-state index contributed by atoms with van der Waals surface area (Å²) in [5, 5.41) is 3.03. The second-order valence-electron chi connectivity index (χ2n) is 4.80. The van der Waals surface area contributed by atoms with Crippen LogP contribution >= 0.6 is 0 Å². The number of carbonyl (C=O) groups is 1. The molecule has 0 aliphatic carbocycles. The summed E-state index contributed by atoms with van der Waals surface area (Å²) in [4.78, 5) is 20.2. The fourth-order valence-corrected chi connectivity index (χ4v) is 1.92. The van der Waals surface area contributed by atoms with E-state index in [0.29, 0.717) is 36.0 Å². The van der Waals surface area contributed by atoms with Gasteiger partial charge in [0.1, 0.15) is 12.0 Å². The van der Waals surface area contributed by atoms with E-state index in [0.717, 1.165) is 5.56 Å². The van der Waals surface area contributed by atoms with E-state index in [1.807, 2.05) is 19.1 Å². The second-order valence-corrected chi connectivity index (χ2v) is 4.80. The molecule has 0 saturated carbocycles. The van der Waals surface area contributed by atoms with Gasteiger partial charge in [0.25, 0.3) is 5.91 Å². The number of carbonyl (C=O) groups excluding carboxylic acids is 1. The van der Waals surface area contributed by atoms with Crippen LogP contribution in [0.5, 0.6) is 0 Å². The third-order valence-corrected chi connectivity index (χ3v) is 3.17. The van der Waals surface area contributed by atoms with Crippen molar-refractivity contribution in [2.24, 2.45) is 0 Å². The molecule has 122 valence electrons. The van der Waals surface area contributed by atoms with Gasteiger partial charge in [0.15, 0.2) is 11.6 Å². The molecule has 1 heterocycles. The first kappa shape index (κ1) is 16.5. The number of anilines is 3. The van der Waals surface area contributed by atoms with E-state index in [1.165, 1.54) is 6.33 Å². The number of aryl methyl sites for hydroxylation is 1. The molecule has 0 aliphatic rings. The van der Waals surface area contributed by atoms with Crippen LogP contribution in [0, 0.1) is 6.92 Å². The zero-order valence-electron chi connectivity index (χ0n) is 13.1. The second kappa shape index (κ2) is 7.95. The molecule has 8 heteroatoms. The molecule has 0 atom stereocenters. The third-order valence-electron chi connectivity index (χ3n) is 3.17. The number of nitrogens with two attached hydrogens (primary N) is 1. The van der Waals surface area contributed by atoms with E-state index in [1.54, 1.807) is 19.2 Å². The summed E-state index contributed by atoms with van der Waals surface area (Å²) in [5.41, 5.74) is 13.0. The lowest BCUT2D eigenvalue weighted by atomic mass is 10.1. The van der Waals surface area contributed by atoms with Crippen LogP contribution in [0.15, 0.2) is 30.6 Å². The number of amides is 1. The van der Waals surface area contributed by atoms with Crippen molar-refractivity contribution in [2.75, 3.05) is 36.7 Å². The maximum Gasteiger partial charge on any atom is 0.269 e. The molecule has 0 aliphatic heterocycles. The zero-order valence-corrected chi connectivity index (χ0v) is 13.1. The number of hydrogen-bond acceptors (Lipinski definition) is 7. The average Bonchev–Trinajstić information content (AvgIpc) is 2.55. The Morgan fingerprint density at radius 3 is 2.74 bits per heavy atom. The SMILES string of the molecule is COCCNc1ncnc(NNC(=O)c2ccccc2C)c1N. The minimum absolute atomic E-state index is 0.269. The van der Waals surface area contributed by atoms with Crippen molar-refractivity contribution in [1.29, 1.82) is 0 Å². The number of hydrogen-bond donors (Lipinski definition) is 4. The number of benzene rings is 1. The highest BCUT2D eigenvalue weighted by atomic mass is 16.5. The Hall–Kier alpha value is -2.87. The monoisotopic (exact) mass is 316 g/mol. The minimum Gasteiger partial charge on any atom is -0.393 e. The van der Waals surface area contributed by atoms with Crippen molar-refractivity contribution < 1.29 is 9.53 Å². The molecule has 2 aromatic rings. The molecule has 0 spiro atoms. The van der Waals surface area contributed by atoms with Crippen LogP contribution < -0.4 is 21.9 Å². The number of nitrogen functional groups attached to an aromatic ring is 1. The first-order valence-electron chi connectivity index (χ1n) is 7.08. The summed E-state index contributed by atoms with van der Waals surface area (Å²) >= 11 is 0. The van der Waals surface area contributed by atoms with Crippen molar-refractivity contribution in [1.82, 2.24) is 15.4 Å². The zero-order chi connectivity index (χ0) is 16.7. The molecular formula is C15H20N6O2. The summed E-state index contributed by atoms with van der Waals surface area (Å²) < 4.78 is 4.95. The molecule has 0 unspecified atom stereocenters. The summed E-state index contributed by atoms with van der Waals surface area (Å²) in [5.74, 6) is 0.529. The lowest BCUT2D eigenvalue weighted by molar-refractivity contribution is 0.0962. The predicted molar refractivity (Wildman–Crippen MR) is 89.1 cm³/mol. The number of nitrogens with one attached hydrogen (secondary N) is 3. The number of aromatic nitrogens is 2. The molecule has 23 heavy (non-hydrogen) atoms. The van der Waals surface area contributed by atoms with E-state index in [4.69, 9.17) is 10.5 Å². The summed E-state index contributed by atoms with van der Waals surface area (Å²) in [7, 11) is 1.61. The predicted octanol–water partition coefficient (Wildman–Crippen LogP) is 1.18. The van der Waals surface area contributed by atoms with Crippen LogP contribution in [-0.4, -0.2) is 36.1 Å². The van der Waals surface area contributed by atoms with Gasteiger partial charge in [-0.2, -0.15) is 0 Å². The standard InChI is InChI=1S/C15H20N6O2/c1-10-5-3-4-6-11(10)15(22)21-20-14-12(16)13(18-9-19-14)17-7-8-23-2/h3-6,9H,7-8,16H2,1-2H3,(H,21,22)(H2,17,18,19,20). The largest absolute Gasteiger partial charge is 0.393 e. The van der Waals surface area contributed by atoms with E-state index in [9.17, 15) is 4.79 Å². The van der Waals surface area contributed by atoms with Crippen LogP contribution in [0.2, 0.25) is 0 Å². The fraction of sp³-hybridized carbons (Fsp3) is 0.267. The van der Waals surface area contributed by atoms with Crippen LogP contribution in [0.25, 0.3) is 0 Å². The first-order valence-corrected chi connectivity index (χ1v) is 7.08. The summed E-state index contributed by atoms with van der Waals surface area (Å²) in [6.45, 7) is 2.95. The summed E-state index contributed by atoms with van der Waals surface area (Å²) in [6, 6.07) is 7.29. The molecule has 5 N–H and O–H groups in total. The van der Waals surface area contributed by atoms with Gasteiger partial charge in [0.2, 0.25) is 0 Å². The van der Waals surface area contributed by atoms with Gasteiger partial charge in [-0.1, -0.05) is 18.2 Å². The molecule has 8 nitrogen and oxygen atoms in total. The van der Waals surface area contributed by atoms with Crippen molar-refractivity contribution >= 4 is 23.2 Å². The normalized spacial score (nSPS) is 10.2. The van der Waals surface area contributed by atoms with Crippen LogP contribution in [0.1, 0.15) is 15.9 Å². The van der Waals surface area contributed by atoms with Gasteiger partial charge in [0.05, 0.1) is 6.61 Å². The fourth-order valence-electron chi connectivity index (χ4n) is 1.92. The Bertz CT molecular complexity index is 677. The Morgan fingerprint density at radius 2 is 2.00 bits per heavy atom. The molecule has 1 aromatic heterocycles. The van der Waals surface area contributed by atoms with E-state index in [2.05, 4.69) is 26.1 Å². The topological polar surface area (TPSA) is 114 Å². The molecule has 1 aromatic carbocycles. The van der Waals surface area contributed by atoms with Crippen molar-refractivity contribution in [2.45, 2.75) is 6.92 Å². The highest BCUT2D eigenvalue weighted by Gasteiger charge is 2.11. The lowest BCUT2D eigenvalue weighted by Gasteiger charge is -2.13. The lowest BCUT2D eigenvalue weighted by Crippen LogP contribution is -2.31. The average molecular weight is 316 g/mol. The number of nitrogens with zero attached hydrogens (tertiary/aromatic N) is 2. The van der Waals surface area contributed by atoms with Gasteiger partial charge in [0, 0.05) is 19.2 Å². The van der Waals surface area contributed by atoms with Crippen molar-refractivity contribution in [3.8, 4) is 0 Å². The molecular weight excluding hydrogens is 296 g/mol. The number of ether oxygens (including phenoxy) is 1. The van der Waals surface area contributed by atoms with Gasteiger partial charge in [-0.15, -0.1) is 0 Å². The van der Waals surface area contributed by atoms with Gasteiger partial charge in [-0.05, 0) is 18.6 Å². The molecule has 1 amide bonds. The number of rotatable bonds is 7. The maximum absolute atomic E-state index is 12.2. The quantitative estimate of drug-likeness (QED) is 0.448. The van der Waals surface area contributed by atoms with Gasteiger partial charge in [-0.3, -0.25) is 15.6 Å². The van der Waals surface area contributed by atoms with Crippen LogP contribution in [0.3, 0.4) is 0 Å². The van der Waals surface area contributed by atoms with Crippen molar-refractivity contribution in [3.63, 3.8) is 0 Å². The number of methoxy groups -OCH3 is 1. The van der Waals surface area contributed by atoms with E-state index >= 15 is 0 Å². The first-order chi connectivity index (χ1) is 11.1. The smallest absolute Gasteiger partial charge is 0.269 e. The molecule has 0 radical (unpaired) electrons. The summed E-state index contributed by atoms with van der Waals surface area (Å²) in [6.07, 6.45) is 1.35. The number of hydrazine groups is 1. The Labute approximate surface area is 134 Å². The highest BCUT2D eigenvalue weighted by Crippen LogP contribution is 2.21. The third kappa shape index (κ3) is 4.30. The highest BCUT2D eigenvalue weighted by molar-refractivity contribution is 5.96.